The molecule has 5 heteroatoms. The Morgan fingerprint density at radius 1 is 1.33 bits per heavy atom. The Kier molecular flexibility index (Phi) is 6.89. The average Bonchev–Trinajstić information content (AvgIpc) is 3.12. The first kappa shape index (κ1) is 15.7. The Labute approximate surface area is 111 Å². The first-order valence-electron chi connectivity index (χ1n) is 6.84. The van der Waals surface area contributed by atoms with E-state index in [9.17, 15) is 8.42 Å². The van der Waals surface area contributed by atoms with E-state index in [4.69, 9.17) is 0 Å². The van der Waals surface area contributed by atoms with Crippen LogP contribution in [0, 0.1) is 0 Å². The molecule has 0 atom stereocenters. The summed E-state index contributed by atoms with van der Waals surface area (Å²) in [6, 6.07) is 0.711. The first-order valence-corrected chi connectivity index (χ1v) is 8.45. The summed E-state index contributed by atoms with van der Waals surface area (Å²) in [4.78, 5) is 0. The zero-order valence-corrected chi connectivity index (χ0v) is 12.2. The molecule has 1 aliphatic carbocycles. The average molecular weight is 274 g/mol. The van der Waals surface area contributed by atoms with Crippen LogP contribution in [0.4, 0.5) is 0 Å². The van der Waals surface area contributed by atoms with Crippen LogP contribution < -0.4 is 5.32 Å². The number of sulfonamides is 1. The molecule has 4 nitrogen and oxygen atoms in total. The largest absolute Gasteiger partial charge is 0.314 e. The highest BCUT2D eigenvalue weighted by atomic mass is 32.2. The number of hydrogen-bond acceptors (Lipinski definition) is 3. The summed E-state index contributed by atoms with van der Waals surface area (Å²) in [5.41, 5.74) is 0. The fraction of sp³-hybridized carbons (Fsp3) is 0.846. The van der Waals surface area contributed by atoms with Crippen molar-refractivity contribution in [3.63, 3.8) is 0 Å². The van der Waals surface area contributed by atoms with E-state index in [0.717, 1.165) is 32.2 Å². The SMILES string of the molecule is C=CCCCN(C)S(=O)(=O)CCCCNC1CC1. The maximum Gasteiger partial charge on any atom is 0.213 e. The van der Waals surface area contributed by atoms with Gasteiger partial charge in [-0.15, -0.1) is 6.58 Å². The number of rotatable bonds is 11. The molecule has 0 bridgehead atoms. The predicted molar refractivity (Wildman–Crippen MR) is 76.1 cm³/mol. The molecule has 1 aliphatic rings. The van der Waals surface area contributed by atoms with Gasteiger partial charge in [-0.25, -0.2) is 12.7 Å². The lowest BCUT2D eigenvalue weighted by molar-refractivity contribution is 0.460. The van der Waals surface area contributed by atoms with Crippen molar-refractivity contribution < 1.29 is 8.42 Å². The van der Waals surface area contributed by atoms with E-state index < -0.39 is 10.0 Å². The third-order valence-corrected chi connectivity index (χ3v) is 5.13. The van der Waals surface area contributed by atoms with Crippen molar-refractivity contribution in [2.24, 2.45) is 0 Å². The maximum atomic E-state index is 11.9. The van der Waals surface area contributed by atoms with Gasteiger partial charge in [0.05, 0.1) is 5.75 Å². The lowest BCUT2D eigenvalue weighted by Gasteiger charge is -2.16. The summed E-state index contributed by atoms with van der Waals surface area (Å²) in [6.07, 6.45) is 7.79. The monoisotopic (exact) mass is 274 g/mol. The highest BCUT2D eigenvalue weighted by Crippen LogP contribution is 2.18. The molecular weight excluding hydrogens is 248 g/mol. The van der Waals surface area contributed by atoms with Crippen molar-refractivity contribution in [3.05, 3.63) is 12.7 Å². The summed E-state index contributed by atoms with van der Waals surface area (Å²) in [7, 11) is -1.39. The minimum atomic E-state index is -3.05. The van der Waals surface area contributed by atoms with Crippen LogP contribution in [0.5, 0.6) is 0 Å². The number of nitrogens with zero attached hydrogens (tertiary/aromatic N) is 1. The molecule has 0 heterocycles. The fourth-order valence-corrected chi connectivity index (χ4v) is 3.04. The van der Waals surface area contributed by atoms with Gasteiger partial charge in [0.1, 0.15) is 0 Å². The van der Waals surface area contributed by atoms with Crippen LogP contribution in [0.25, 0.3) is 0 Å². The van der Waals surface area contributed by atoms with Crippen LogP contribution in [-0.4, -0.2) is 44.7 Å². The Morgan fingerprint density at radius 2 is 2.06 bits per heavy atom. The third-order valence-electron chi connectivity index (χ3n) is 3.20. The molecule has 1 rings (SSSR count). The van der Waals surface area contributed by atoms with Crippen LogP contribution in [-0.2, 0) is 10.0 Å². The van der Waals surface area contributed by atoms with Gasteiger partial charge in [0.2, 0.25) is 10.0 Å². The van der Waals surface area contributed by atoms with Crippen LogP contribution in [0.15, 0.2) is 12.7 Å². The van der Waals surface area contributed by atoms with Crippen molar-refractivity contribution in [1.82, 2.24) is 9.62 Å². The van der Waals surface area contributed by atoms with Crippen molar-refractivity contribution in [2.75, 3.05) is 25.9 Å². The van der Waals surface area contributed by atoms with E-state index >= 15 is 0 Å². The third kappa shape index (κ3) is 6.52. The van der Waals surface area contributed by atoms with Gasteiger partial charge in [0.15, 0.2) is 0 Å². The molecule has 1 fully saturated rings. The second kappa shape index (κ2) is 7.92. The number of hydrogen-bond donors (Lipinski definition) is 1. The van der Waals surface area contributed by atoms with Gasteiger partial charge in [0.25, 0.3) is 0 Å². The molecular formula is C13H26N2O2S. The Bertz CT molecular complexity index is 337. The summed E-state index contributed by atoms with van der Waals surface area (Å²) in [6.45, 7) is 5.17. The molecule has 106 valence electrons. The van der Waals surface area contributed by atoms with Crippen LogP contribution in [0.2, 0.25) is 0 Å². The maximum absolute atomic E-state index is 11.9. The molecule has 1 N–H and O–H groups in total. The van der Waals surface area contributed by atoms with E-state index in [2.05, 4.69) is 11.9 Å². The van der Waals surface area contributed by atoms with Gasteiger partial charge in [-0.1, -0.05) is 6.08 Å². The van der Waals surface area contributed by atoms with Gasteiger partial charge in [-0.05, 0) is 45.1 Å². The van der Waals surface area contributed by atoms with Gasteiger partial charge in [-0.2, -0.15) is 0 Å². The zero-order valence-electron chi connectivity index (χ0n) is 11.4. The molecule has 0 aliphatic heterocycles. The summed E-state index contributed by atoms with van der Waals surface area (Å²) in [5, 5.41) is 3.39. The van der Waals surface area contributed by atoms with E-state index in [1.165, 1.54) is 17.1 Å². The zero-order chi connectivity index (χ0) is 13.4. The highest BCUT2D eigenvalue weighted by Gasteiger charge is 2.20. The second-order valence-electron chi connectivity index (χ2n) is 5.00. The topological polar surface area (TPSA) is 49.4 Å². The van der Waals surface area contributed by atoms with Crippen LogP contribution >= 0.6 is 0 Å². The van der Waals surface area contributed by atoms with E-state index in [-0.39, 0.29) is 5.75 Å². The normalized spacial score (nSPS) is 16.1. The van der Waals surface area contributed by atoms with E-state index in [1.54, 1.807) is 7.05 Å². The molecule has 0 amide bonds. The van der Waals surface area contributed by atoms with Crippen molar-refractivity contribution in [2.45, 2.75) is 44.6 Å². The number of allylic oxidation sites excluding steroid dienone is 1. The smallest absolute Gasteiger partial charge is 0.213 e. The summed E-state index contributed by atoms with van der Waals surface area (Å²) in [5.74, 6) is 0.268. The second-order valence-corrected chi connectivity index (χ2v) is 7.20. The van der Waals surface area contributed by atoms with E-state index in [1.807, 2.05) is 6.08 Å². The molecule has 18 heavy (non-hydrogen) atoms. The van der Waals surface area contributed by atoms with Crippen molar-refractivity contribution >= 4 is 10.0 Å². The summed E-state index contributed by atoms with van der Waals surface area (Å²) >= 11 is 0. The minimum Gasteiger partial charge on any atom is -0.314 e. The summed E-state index contributed by atoms with van der Waals surface area (Å²) < 4.78 is 25.3. The minimum absolute atomic E-state index is 0.268. The first-order chi connectivity index (χ1) is 8.56. The molecule has 0 spiro atoms. The molecule has 0 aromatic carbocycles. The highest BCUT2D eigenvalue weighted by molar-refractivity contribution is 7.89. The molecule has 0 saturated heterocycles. The van der Waals surface area contributed by atoms with Gasteiger partial charge < -0.3 is 5.32 Å². The number of unbranched alkanes of at least 4 members (excludes halogenated alkanes) is 2. The standard InChI is InChI=1S/C13H26N2O2S/c1-3-4-6-11-15(2)18(16,17)12-7-5-10-14-13-8-9-13/h3,13-14H,1,4-12H2,2H3. The molecule has 0 radical (unpaired) electrons. The number of nitrogens with one attached hydrogen (secondary N) is 1. The molecule has 0 unspecified atom stereocenters. The van der Waals surface area contributed by atoms with Gasteiger partial charge >= 0.3 is 0 Å². The van der Waals surface area contributed by atoms with E-state index in [0.29, 0.717) is 12.6 Å². The van der Waals surface area contributed by atoms with Crippen LogP contribution in [0.1, 0.15) is 38.5 Å². The molecule has 0 aromatic rings. The molecule has 0 aromatic heterocycles. The molecule has 1 saturated carbocycles. The Morgan fingerprint density at radius 3 is 2.67 bits per heavy atom. The predicted octanol–water partition coefficient (Wildman–Crippen LogP) is 1.75. The Balaban J connectivity index is 2.10. The van der Waals surface area contributed by atoms with Gasteiger partial charge in [-0.3, -0.25) is 0 Å². The Hall–Kier alpha value is -0.390. The van der Waals surface area contributed by atoms with Crippen molar-refractivity contribution in [1.29, 1.82) is 0 Å². The lowest BCUT2D eigenvalue weighted by Crippen LogP contribution is -2.30. The quantitative estimate of drug-likeness (QED) is 0.461. The lowest BCUT2D eigenvalue weighted by atomic mass is 10.3. The fourth-order valence-electron chi connectivity index (χ4n) is 1.76. The van der Waals surface area contributed by atoms with Gasteiger partial charge in [0, 0.05) is 19.6 Å². The van der Waals surface area contributed by atoms with Crippen LogP contribution in [0.3, 0.4) is 0 Å². The van der Waals surface area contributed by atoms with Crippen molar-refractivity contribution in [3.8, 4) is 0 Å².